The second kappa shape index (κ2) is 6.19. The van der Waals surface area contributed by atoms with E-state index in [1.54, 1.807) is 7.11 Å². The minimum atomic E-state index is 0.283. The summed E-state index contributed by atoms with van der Waals surface area (Å²) in [5, 5.41) is 3.29. The number of anilines is 2. The van der Waals surface area contributed by atoms with Crippen LogP contribution in [0, 0.1) is 0 Å². The molecule has 0 atom stereocenters. The number of nitrogen functional groups attached to an aromatic ring is 1. The lowest BCUT2D eigenvalue weighted by atomic mass is 9.78. The topological polar surface area (TPSA) is 99.1 Å². The fourth-order valence-corrected chi connectivity index (χ4v) is 2.72. The monoisotopic (exact) mass is 299 g/mol. The zero-order chi connectivity index (χ0) is 15.5. The number of methoxy groups -OCH3 is 1. The minimum absolute atomic E-state index is 0.283. The fourth-order valence-electron chi connectivity index (χ4n) is 2.72. The Morgan fingerprint density at radius 2 is 2.05 bits per heavy atom. The summed E-state index contributed by atoms with van der Waals surface area (Å²) in [6, 6.07) is 10.1. The van der Waals surface area contributed by atoms with Crippen LogP contribution in [0.15, 0.2) is 30.3 Å². The third-order valence-electron chi connectivity index (χ3n) is 4.01. The van der Waals surface area contributed by atoms with E-state index in [0.29, 0.717) is 18.4 Å². The van der Waals surface area contributed by atoms with Gasteiger partial charge in [0.2, 0.25) is 5.95 Å². The lowest BCUT2D eigenvalue weighted by Crippen LogP contribution is -2.35. The van der Waals surface area contributed by atoms with Crippen molar-refractivity contribution in [3.8, 4) is 5.75 Å². The Morgan fingerprint density at radius 1 is 1.27 bits per heavy atom. The number of nitrogens with two attached hydrogens (primary N) is 2. The number of hydrogen-bond acceptors (Lipinski definition) is 6. The minimum Gasteiger partial charge on any atom is -0.496 e. The summed E-state index contributed by atoms with van der Waals surface area (Å²) in [5.74, 6) is 2.27. The lowest BCUT2D eigenvalue weighted by molar-refractivity contribution is 0.345. The molecule has 0 saturated heterocycles. The first-order valence-electron chi connectivity index (χ1n) is 7.41. The van der Waals surface area contributed by atoms with Crippen LogP contribution in [0.1, 0.15) is 30.0 Å². The summed E-state index contributed by atoms with van der Waals surface area (Å²) >= 11 is 0. The number of benzene rings is 1. The molecule has 1 fully saturated rings. The van der Waals surface area contributed by atoms with E-state index >= 15 is 0 Å². The maximum Gasteiger partial charge on any atom is 0.222 e. The number of rotatable bonds is 5. The van der Waals surface area contributed by atoms with Crippen LogP contribution in [0.2, 0.25) is 0 Å². The number of ether oxygens (including phenoxy) is 1. The molecule has 6 heteroatoms. The standard InChI is InChI=1S/C16H21N5O/c1-22-14-5-3-2-4-10(14)9-19-15-8-13(20-16(18)21-15)11-6-12(17)7-11/h2-5,8,11-12H,6-7,9,17H2,1H3,(H3,18,19,20,21). The van der Waals surface area contributed by atoms with Gasteiger partial charge in [-0.2, -0.15) is 4.98 Å². The molecule has 5 N–H and O–H groups in total. The van der Waals surface area contributed by atoms with Crippen LogP contribution in [-0.4, -0.2) is 23.1 Å². The van der Waals surface area contributed by atoms with Gasteiger partial charge in [0.1, 0.15) is 11.6 Å². The van der Waals surface area contributed by atoms with Crippen LogP contribution < -0.4 is 21.5 Å². The van der Waals surface area contributed by atoms with E-state index in [9.17, 15) is 0 Å². The van der Waals surface area contributed by atoms with Crippen LogP contribution in [0.4, 0.5) is 11.8 Å². The van der Waals surface area contributed by atoms with E-state index in [4.69, 9.17) is 16.2 Å². The van der Waals surface area contributed by atoms with Gasteiger partial charge >= 0.3 is 0 Å². The molecule has 0 spiro atoms. The SMILES string of the molecule is COc1ccccc1CNc1cc(C2CC(N)C2)nc(N)n1. The Balaban J connectivity index is 1.72. The zero-order valence-electron chi connectivity index (χ0n) is 12.6. The van der Waals surface area contributed by atoms with E-state index in [2.05, 4.69) is 15.3 Å². The number of aromatic nitrogens is 2. The first kappa shape index (κ1) is 14.6. The summed E-state index contributed by atoms with van der Waals surface area (Å²) in [4.78, 5) is 8.57. The summed E-state index contributed by atoms with van der Waals surface area (Å²) in [6.07, 6.45) is 1.92. The molecule has 1 aromatic heterocycles. The van der Waals surface area contributed by atoms with Crippen LogP contribution in [0.3, 0.4) is 0 Å². The molecule has 0 amide bonds. The van der Waals surface area contributed by atoms with Gasteiger partial charge in [0.15, 0.2) is 0 Å². The van der Waals surface area contributed by atoms with Crippen LogP contribution in [0.25, 0.3) is 0 Å². The smallest absolute Gasteiger partial charge is 0.222 e. The molecule has 116 valence electrons. The van der Waals surface area contributed by atoms with Crippen molar-refractivity contribution in [1.29, 1.82) is 0 Å². The molecule has 1 saturated carbocycles. The van der Waals surface area contributed by atoms with Gasteiger partial charge < -0.3 is 21.5 Å². The average Bonchev–Trinajstić information content (AvgIpc) is 2.49. The zero-order valence-corrected chi connectivity index (χ0v) is 12.6. The third kappa shape index (κ3) is 3.12. The van der Waals surface area contributed by atoms with Gasteiger partial charge in [-0.05, 0) is 18.9 Å². The van der Waals surface area contributed by atoms with Crippen molar-refractivity contribution in [2.45, 2.75) is 31.3 Å². The molecule has 1 aliphatic rings. The predicted molar refractivity (Wildman–Crippen MR) is 86.7 cm³/mol. The van der Waals surface area contributed by atoms with Crippen LogP contribution in [0.5, 0.6) is 5.75 Å². The lowest BCUT2D eigenvalue weighted by Gasteiger charge is -2.32. The second-order valence-electron chi connectivity index (χ2n) is 5.63. The van der Waals surface area contributed by atoms with Crippen molar-refractivity contribution >= 4 is 11.8 Å². The van der Waals surface area contributed by atoms with Gasteiger partial charge in [-0.1, -0.05) is 18.2 Å². The largest absolute Gasteiger partial charge is 0.496 e. The molecule has 0 radical (unpaired) electrons. The van der Waals surface area contributed by atoms with Gasteiger partial charge in [-0.3, -0.25) is 0 Å². The molecule has 6 nitrogen and oxygen atoms in total. The molecule has 1 heterocycles. The highest BCUT2D eigenvalue weighted by atomic mass is 16.5. The van der Waals surface area contributed by atoms with E-state index < -0.39 is 0 Å². The highest BCUT2D eigenvalue weighted by Gasteiger charge is 2.29. The first-order chi connectivity index (χ1) is 10.7. The number of nitrogens with one attached hydrogen (secondary N) is 1. The van der Waals surface area contributed by atoms with Crippen LogP contribution in [-0.2, 0) is 6.54 Å². The Morgan fingerprint density at radius 3 is 2.77 bits per heavy atom. The second-order valence-corrected chi connectivity index (χ2v) is 5.63. The van der Waals surface area contributed by atoms with Crippen molar-refractivity contribution in [1.82, 2.24) is 9.97 Å². The van der Waals surface area contributed by atoms with Crippen molar-refractivity contribution in [3.63, 3.8) is 0 Å². The van der Waals surface area contributed by atoms with Crippen molar-refractivity contribution < 1.29 is 4.74 Å². The Bertz CT molecular complexity index is 655. The van der Waals surface area contributed by atoms with E-state index in [0.717, 1.165) is 35.7 Å². The van der Waals surface area contributed by atoms with Gasteiger partial charge in [0.05, 0.1) is 12.8 Å². The molecule has 22 heavy (non-hydrogen) atoms. The number of para-hydroxylation sites is 1. The van der Waals surface area contributed by atoms with Gasteiger partial charge in [0, 0.05) is 30.1 Å². The van der Waals surface area contributed by atoms with Gasteiger partial charge in [0.25, 0.3) is 0 Å². The van der Waals surface area contributed by atoms with E-state index in [-0.39, 0.29) is 6.04 Å². The molecule has 0 bridgehead atoms. The van der Waals surface area contributed by atoms with Crippen molar-refractivity contribution in [2.75, 3.05) is 18.2 Å². The Labute approximate surface area is 129 Å². The maximum absolute atomic E-state index is 5.84. The van der Waals surface area contributed by atoms with E-state index in [1.165, 1.54) is 0 Å². The summed E-state index contributed by atoms with van der Waals surface area (Å²) in [5.41, 5.74) is 13.7. The molecule has 0 unspecified atom stereocenters. The average molecular weight is 299 g/mol. The van der Waals surface area contributed by atoms with Crippen molar-refractivity contribution in [3.05, 3.63) is 41.6 Å². The Hall–Kier alpha value is -2.34. The highest BCUT2D eigenvalue weighted by Crippen LogP contribution is 2.35. The summed E-state index contributed by atoms with van der Waals surface area (Å²) in [6.45, 7) is 0.615. The first-order valence-corrected chi connectivity index (χ1v) is 7.41. The molecule has 1 aliphatic carbocycles. The number of hydrogen-bond donors (Lipinski definition) is 3. The predicted octanol–water partition coefficient (Wildman–Crippen LogP) is 1.88. The van der Waals surface area contributed by atoms with Crippen molar-refractivity contribution in [2.24, 2.45) is 5.73 Å². The molecule has 2 aromatic rings. The molecule has 3 rings (SSSR count). The molecule has 1 aromatic carbocycles. The Kier molecular flexibility index (Phi) is 4.11. The van der Waals surface area contributed by atoms with Gasteiger partial charge in [-0.25, -0.2) is 4.98 Å². The molecular formula is C16H21N5O. The normalized spacial score (nSPS) is 20.3. The van der Waals surface area contributed by atoms with Crippen LogP contribution >= 0.6 is 0 Å². The van der Waals surface area contributed by atoms with E-state index in [1.807, 2.05) is 30.3 Å². The molecule has 0 aliphatic heterocycles. The maximum atomic E-state index is 5.84. The fraction of sp³-hybridized carbons (Fsp3) is 0.375. The third-order valence-corrected chi connectivity index (χ3v) is 4.01. The van der Waals surface area contributed by atoms with Gasteiger partial charge in [-0.15, -0.1) is 0 Å². The highest BCUT2D eigenvalue weighted by molar-refractivity contribution is 5.44. The summed E-state index contributed by atoms with van der Waals surface area (Å²) in [7, 11) is 1.67. The summed E-state index contributed by atoms with van der Waals surface area (Å²) < 4.78 is 5.35. The quantitative estimate of drug-likeness (QED) is 0.779. The molecular weight excluding hydrogens is 278 g/mol. The number of nitrogens with zero attached hydrogens (tertiary/aromatic N) is 2.